The van der Waals surface area contributed by atoms with Crippen LogP contribution >= 0.6 is 0 Å². The van der Waals surface area contributed by atoms with Crippen LogP contribution in [0.5, 0.6) is 0 Å². The number of hydrogen-bond acceptors (Lipinski definition) is 4. The minimum Gasteiger partial charge on any atom is -0.350 e. The normalized spacial score (nSPS) is 11.1. The maximum absolute atomic E-state index is 11.7. The number of carbonyl (C=O) groups is 1. The lowest BCUT2D eigenvalue weighted by Crippen LogP contribution is -2.49. The van der Waals surface area contributed by atoms with Gasteiger partial charge >= 0.3 is 0 Å². The number of nitrogens with two attached hydrogens (primary N) is 1. The summed E-state index contributed by atoms with van der Waals surface area (Å²) in [5, 5.41) is 13.3. The molecule has 0 fully saturated rings. The molecule has 0 aliphatic carbocycles. The number of rotatable bonds is 5. The Bertz CT molecular complexity index is 440. The van der Waals surface area contributed by atoms with Gasteiger partial charge in [0.2, 0.25) is 5.91 Å². The van der Waals surface area contributed by atoms with Crippen LogP contribution in [0.1, 0.15) is 19.4 Å². The molecule has 98 valence electrons. The topological polar surface area (TPSA) is 98.3 Å². The average molecular weight is 251 g/mol. The van der Waals surface area contributed by atoms with Gasteiger partial charge in [-0.05, 0) is 19.4 Å². The molecule has 0 heterocycles. The molecular formula is C12H17N3O3. The number of nitro groups is 1. The van der Waals surface area contributed by atoms with E-state index in [4.69, 9.17) is 5.73 Å². The number of benzene rings is 1. The van der Waals surface area contributed by atoms with Gasteiger partial charge in [-0.25, -0.2) is 0 Å². The molecule has 0 atom stereocenters. The quantitative estimate of drug-likeness (QED) is 0.602. The zero-order valence-electron chi connectivity index (χ0n) is 10.5. The summed E-state index contributed by atoms with van der Waals surface area (Å²) in [6.07, 6.45) is 0.182. The summed E-state index contributed by atoms with van der Waals surface area (Å²) in [4.78, 5) is 21.7. The van der Waals surface area contributed by atoms with E-state index in [0.717, 1.165) is 5.56 Å². The summed E-state index contributed by atoms with van der Waals surface area (Å²) in [5.41, 5.74) is 5.81. The van der Waals surface area contributed by atoms with Crippen molar-refractivity contribution in [3.63, 3.8) is 0 Å². The summed E-state index contributed by atoms with van der Waals surface area (Å²) >= 11 is 0. The van der Waals surface area contributed by atoms with Gasteiger partial charge in [0.05, 0.1) is 11.3 Å². The Morgan fingerprint density at radius 3 is 2.39 bits per heavy atom. The predicted octanol–water partition coefficient (Wildman–Crippen LogP) is 0.991. The highest BCUT2D eigenvalue weighted by Crippen LogP contribution is 2.12. The molecule has 6 nitrogen and oxygen atoms in total. The number of non-ortho nitro benzene ring substituents is 1. The summed E-state index contributed by atoms with van der Waals surface area (Å²) in [6.45, 7) is 4.01. The van der Waals surface area contributed by atoms with Crippen LogP contribution in [0, 0.1) is 10.1 Å². The Morgan fingerprint density at radius 2 is 1.94 bits per heavy atom. The molecule has 1 aromatic rings. The molecular weight excluding hydrogens is 234 g/mol. The summed E-state index contributed by atoms with van der Waals surface area (Å²) in [7, 11) is 0. The predicted molar refractivity (Wildman–Crippen MR) is 68.1 cm³/mol. The minimum atomic E-state index is -0.471. The Kier molecular flexibility index (Phi) is 4.38. The van der Waals surface area contributed by atoms with Crippen molar-refractivity contribution >= 4 is 11.6 Å². The number of amides is 1. The first kappa shape index (κ1) is 14.1. The first-order valence-electron chi connectivity index (χ1n) is 5.58. The molecule has 6 heteroatoms. The van der Waals surface area contributed by atoms with Gasteiger partial charge in [-0.1, -0.05) is 12.1 Å². The summed E-state index contributed by atoms with van der Waals surface area (Å²) < 4.78 is 0. The first-order valence-corrected chi connectivity index (χ1v) is 5.58. The average Bonchev–Trinajstić information content (AvgIpc) is 2.29. The van der Waals surface area contributed by atoms with Gasteiger partial charge < -0.3 is 11.1 Å². The molecule has 0 unspecified atom stereocenters. The lowest BCUT2D eigenvalue weighted by molar-refractivity contribution is -0.384. The Morgan fingerprint density at radius 1 is 1.39 bits per heavy atom. The summed E-state index contributed by atoms with van der Waals surface area (Å²) in [5.74, 6) is -0.153. The van der Waals surface area contributed by atoms with E-state index in [1.807, 2.05) is 13.8 Å². The smallest absolute Gasteiger partial charge is 0.269 e. The zero-order valence-corrected chi connectivity index (χ0v) is 10.5. The van der Waals surface area contributed by atoms with Crippen LogP contribution < -0.4 is 11.1 Å². The molecule has 1 rings (SSSR count). The molecule has 18 heavy (non-hydrogen) atoms. The molecule has 0 saturated carbocycles. The van der Waals surface area contributed by atoms with Gasteiger partial charge in [0.15, 0.2) is 0 Å². The first-order chi connectivity index (χ1) is 8.34. The van der Waals surface area contributed by atoms with E-state index in [2.05, 4.69) is 5.32 Å². The second-order valence-electron chi connectivity index (χ2n) is 4.74. The van der Waals surface area contributed by atoms with E-state index < -0.39 is 10.5 Å². The highest BCUT2D eigenvalue weighted by Gasteiger charge is 2.18. The van der Waals surface area contributed by atoms with Crippen molar-refractivity contribution in [2.45, 2.75) is 25.8 Å². The molecule has 1 aromatic carbocycles. The monoisotopic (exact) mass is 251 g/mol. The highest BCUT2D eigenvalue weighted by molar-refractivity contribution is 5.79. The van der Waals surface area contributed by atoms with Crippen molar-refractivity contribution in [2.75, 3.05) is 6.54 Å². The Labute approximate surface area is 105 Å². The zero-order chi connectivity index (χ0) is 13.8. The van der Waals surface area contributed by atoms with Crippen LogP contribution in [0.25, 0.3) is 0 Å². The molecule has 1 amide bonds. The van der Waals surface area contributed by atoms with Crippen LogP contribution in [0.3, 0.4) is 0 Å². The standard InChI is InChI=1S/C12H17N3O3/c1-12(2,8-13)14-11(16)7-9-3-5-10(6-4-9)15(17)18/h3-6H,7-8,13H2,1-2H3,(H,14,16). The van der Waals surface area contributed by atoms with Crippen LogP contribution in [0.15, 0.2) is 24.3 Å². The van der Waals surface area contributed by atoms with Crippen molar-refractivity contribution < 1.29 is 9.72 Å². The molecule has 0 bridgehead atoms. The van der Waals surface area contributed by atoms with Crippen LogP contribution in [0.4, 0.5) is 5.69 Å². The van der Waals surface area contributed by atoms with Crippen molar-refractivity contribution in [1.29, 1.82) is 0 Å². The number of hydrogen-bond donors (Lipinski definition) is 2. The molecule has 0 radical (unpaired) electrons. The fourth-order valence-corrected chi connectivity index (χ4v) is 1.39. The molecule has 0 spiro atoms. The number of nitro benzene ring substituents is 1. The van der Waals surface area contributed by atoms with Gasteiger partial charge in [0.25, 0.3) is 5.69 Å². The summed E-state index contributed by atoms with van der Waals surface area (Å²) in [6, 6.07) is 5.92. The van der Waals surface area contributed by atoms with E-state index in [0.29, 0.717) is 6.54 Å². The van der Waals surface area contributed by atoms with Gasteiger partial charge in [-0.2, -0.15) is 0 Å². The number of nitrogens with one attached hydrogen (secondary N) is 1. The number of carbonyl (C=O) groups excluding carboxylic acids is 1. The van der Waals surface area contributed by atoms with Gasteiger partial charge in [-0.15, -0.1) is 0 Å². The van der Waals surface area contributed by atoms with Gasteiger partial charge in [-0.3, -0.25) is 14.9 Å². The van der Waals surface area contributed by atoms with Crippen molar-refractivity contribution in [2.24, 2.45) is 5.73 Å². The second kappa shape index (κ2) is 5.59. The SMILES string of the molecule is CC(C)(CN)NC(=O)Cc1ccc([N+](=O)[O-])cc1. The maximum Gasteiger partial charge on any atom is 0.269 e. The third-order valence-electron chi connectivity index (χ3n) is 2.50. The molecule has 0 aliphatic rings. The van der Waals surface area contributed by atoms with Crippen LogP contribution in [-0.4, -0.2) is 22.9 Å². The van der Waals surface area contributed by atoms with Gasteiger partial charge in [0, 0.05) is 24.2 Å². The lowest BCUT2D eigenvalue weighted by Gasteiger charge is -2.24. The lowest BCUT2D eigenvalue weighted by atomic mass is 10.0. The minimum absolute atomic E-state index is 0.0152. The Balaban J connectivity index is 2.63. The highest BCUT2D eigenvalue weighted by atomic mass is 16.6. The molecule has 0 aromatic heterocycles. The maximum atomic E-state index is 11.7. The fourth-order valence-electron chi connectivity index (χ4n) is 1.39. The van der Waals surface area contributed by atoms with Crippen LogP contribution in [-0.2, 0) is 11.2 Å². The van der Waals surface area contributed by atoms with E-state index >= 15 is 0 Å². The second-order valence-corrected chi connectivity index (χ2v) is 4.74. The Hall–Kier alpha value is -1.95. The largest absolute Gasteiger partial charge is 0.350 e. The molecule has 3 N–H and O–H groups in total. The van der Waals surface area contributed by atoms with Gasteiger partial charge in [0.1, 0.15) is 0 Å². The third-order valence-corrected chi connectivity index (χ3v) is 2.50. The van der Waals surface area contributed by atoms with Crippen molar-refractivity contribution in [3.8, 4) is 0 Å². The molecule has 0 aliphatic heterocycles. The fraction of sp³-hybridized carbons (Fsp3) is 0.417. The van der Waals surface area contributed by atoms with Crippen molar-refractivity contribution in [1.82, 2.24) is 5.32 Å². The van der Waals surface area contributed by atoms with Crippen molar-refractivity contribution in [3.05, 3.63) is 39.9 Å². The third kappa shape index (κ3) is 4.14. The van der Waals surface area contributed by atoms with E-state index in [1.54, 1.807) is 12.1 Å². The molecule has 0 saturated heterocycles. The number of nitrogens with zero attached hydrogens (tertiary/aromatic N) is 1. The van der Waals surface area contributed by atoms with E-state index in [-0.39, 0.29) is 18.0 Å². The van der Waals surface area contributed by atoms with E-state index in [9.17, 15) is 14.9 Å². The van der Waals surface area contributed by atoms with E-state index in [1.165, 1.54) is 12.1 Å². The van der Waals surface area contributed by atoms with Crippen LogP contribution in [0.2, 0.25) is 0 Å².